The molecule has 4 heteroatoms. The summed E-state index contributed by atoms with van der Waals surface area (Å²) in [6.07, 6.45) is -0.743. The maximum absolute atomic E-state index is 11.5. The molecule has 2 heterocycles. The zero-order valence-electron chi connectivity index (χ0n) is 10.00. The van der Waals surface area contributed by atoms with Gasteiger partial charge in [0.25, 0.3) is 0 Å². The van der Waals surface area contributed by atoms with E-state index in [9.17, 15) is 4.79 Å². The molecule has 2 aromatic rings. The van der Waals surface area contributed by atoms with E-state index >= 15 is 0 Å². The number of esters is 1. The molecule has 1 aromatic heterocycles. The van der Waals surface area contributed by atoms with Gasteiger partial charge in [0.15, 0.2) is 6.10 Å². The summed E-state index contributed by atoms with van der Waals surface area (Å²) in [5.74, 6) is -0.308. The van der Waals surface area contributed by atoms with E-state index in [1.807, 2.05) is 36.4 Å². The van der Waals surface area contributed by atoms with Gasteiger partial charge in [-0.2, -0.15) is 0 Å². The Kier molecular flexibility index (Phi) is 2.72. The summed E-state index contributed by atoms with van der Waals surface area (Å²) in [5, 5.41) is 1.08. The van der Waals surface area contributed by atoms with E-state index in [-0.39, 0.29) is 12.1 Å². The van der Waals surface area contributed by atoms with Crippen molar-refractivity contribution < 1.29 is 14.3 Å². The first-order chi connectivity index (χ1) is 8.79. The van der Waals surface area contributed by atoms with Crippen molar-refractivity contribution in [2.75, 3.05) is 6.61 Å². The van der Waals surface area contributed by atoms with Gasteiger partial charge in [-0.05, 0) is 19.1 Å². The summed E-state index contributed by atoms with van der Waals surface area (Å²) in [6.45, 7) is 2.15. The first-order valence-corrected chi connectivity index (χ1v) is 5.97. The van der Waals surface area contributed by atoms with Gasteiger partial charge in [0.1, 0.15) is 6.10 Å². The fourth-order valence-electron chi connectivity index (χ4n) is 1.98. The van der Waals surface area contributed by atoms with Crippen molar-refractivity contribution in [1.29, 1.82) is 0 Å². The fourth-order valence-corrected chi connectivity index (χ4v) is 1.98. The molecule has 0 radical (unpaired) electrons. The monoisotopic (exact) mass is 243 g/mol. The van der Waals surface area contributed by atoms with Crippen LogP contribution in [0, 0.1) is 0 Å². The standard InChI is InChI=1S/C14H13NO3/c1-2-17-14(16)13-12(18-13)11-8-7-9-5-3-4-6-10(9)15-11/h3-8,12-13H,2H2,1H3/t12-,13-/m0/s1. The van der Waals surface area contributed by atoms with Crippen LogP contribution in [-0.2, 0) is 14.3 Å². The molecule has 92 valence electrons. The number of carbonyl (C=O) groups is 1. The number of benzene rings is 1. The van der Waals surface area contributed by atoms with Gasteiger partial charge in [0, 0.05) is 5.39 Å². The van der Waals surface area contributed by atoms with Crippen molar-refractivity contribution in [3.05, 3.63) is 42.1 Å². The first kappa shape index (κ1) is 11.2. The van der Waals surface area contributed by atoms with Crippen LogP contribution in [0.5, 0.6) is 0 Å². The number of epoxide rings is 1. The zero-order valence-corrected chi connectivity index (χ0v) is 10.00. The van der Waals surface area contributed by atoms with Crippen molar-refractivity contribution in [3.63, 3.8) is 0 Å². The number of fused-ring (bicyclic) bond motifs is 1. The number of para-hydroxylation sites is 1. The third kappa shape index (κ3) is 1.95. The maximum Gasteiger partial charge on any atom is 0.338 e. The van der Waals surface area contributed by atoms with Crippen LogP contribution >= 0.6 is 0 Å². The second-order valence-electron chi connectivity index (χ2n) is 4.16. The highest BCUT2D eigenvalue weighted by Gasteiger charge is 2.48. The Morgan fingerprint density at radius 2 is 2.17 bits per heavy atom. The van der Waals surface area contributed by atoms with Crippen LogP contribution in [0.15, 0.2) is 36.4 Å². The van der Waals surface area contributed by atoms with Crippen LogP contribution in [0.2, 0.25) is 0 Å². The lowest BCUT2D eigenvalue weighted by Gasteiger charge is -2.00. The molecular formula is C14H13NO3. The summed E-state index contributed by atoms with van der Waals surface area (Å²) < 4.78 is 10.2. The molecule has 0 spiro atoms. The lowest BCUT2D eigenvalue weighted by molar-refractivity contribution is -0.144. The van der Waals surface area contributed by atoms with Crippen LogP contribution in [0.4, 0.5) is 0 Å². The Hall–Kier alpha value is -1.94. The van der Waals surface area contributed by atoms with Crippen molar-refractivity contribution in [3.8, 4) is 0 Å². The molecule has 1 aromatic carbocycles. The number of carbonyl (C=O) groups excluding carboxylic acids is 1. The number of aromatic nitrogens is 1. The largest absolute Gasteiger partial charge is 0.464 e. The summed E-state index contributed by atoms with van der Waals surface area (Å²) in [5.41, 5.74) is 1.69. The average Bonchev–Trinajstić information content (AvgIpc) is 3.19. The van der Waals surface area contributed by atoms with Gasteiger partial charge in [0.05, 0.1) is 17.8 Å². The van der Waals surface area contributed by atoms with Crippen molar-refractivity contribution in [1.82, 2.24) is 4.98 Å². The summed E-state index contributed by atoms with van der Waals surface area (Å²) in [7, 11) is 0. The van der Waals surface area contributed by atoms with Gasteiger partial charge in [-0.3, -0.25) is 0 Å². The Balaban J connectivity index is 1.82. The number of ether oxygens (including phenoxy) is 2. The Labute approximate surface area is 105 Å². The average molecular weight is 243 g/mol. The molecule has 1 fully saturated rings. The minimum atomic E-state index is -0.487. The normalized spacial score (nSPS) is 21.8. The second kappa shape index (κ2) is 4.38. The van der Waals surface area contributed by atoms with Crippen LogP contribution in [0.1, 0.15) is 18.7 Å². The number of nitrogens with zero attached hydrogens (tertiary/aromatic N) is 1. The zero-order chi connectivity index (χ0) is 12.5. The second-order valence-corrected chi connectivity index (χ2v) is 4.16. The highest BCUT2D eigenvalue weighted by atomic mass is 16.6. The fraction of sp³-hybridized carbons (Fsp3) is 0.286. The minimum Gasteiger partial charge on any atom is -0.464 e. The quantitative estimate of drug-likeness (QED) is 0.612. The Morgan fingerprint density at radius 1 is 1.33 bits per heavy atom. The predicted octanol–water partition coefficient (Wildman–Crippen LogP) is 2.24. The Bertz CT molecular complexity index is 596. The van der Waals surface area contributed by atoms with Gasteiger partial charge in [-0.25, -0.2) is 9.78 Å². The molecule has 2 atom stereocenters. The minimum absolute atomic E-state index is 0.256. The van der Waals surface area contributed by atoms with Crippen molar-refractivity contribution in [2.45, 2.75) is 19.1 Å². The molecular weight excluding hydrogens is 230 g/mol. The topological polar surface area (TPSA) is 51.7 Å². The molecule has 0 amide bonds. The molecule has 18 heavy (non-hydrogen) atoms. The van der Waals surface area contributed by atoms with Crippen molar-refractivity contribution in [2.24, 2.45) is 0 Å². The summed E-state index contributed by atoms with van der Waals surface area (Å²) >= 11 is 0. The third-order valence-corrected chi connectivity index (χ3v) is 2.92. The van der Waals surface area contributed by atoms with Gasteiger partial charge >= 0.3 is 5.97 Å². The number of pyridine rings is 1. The molecule has 0 N–H and O–H groups in total. The Morgan fingerprint density at radius 3 is 3.00 bits per heavy atom. The van der Waals surface area contributed by atoms with E-state index in [4.69, 9.17) is 9.47 Å². The molecule has 0 saturated carbocycles. The van der Waals surface area contributed by atoms with Crippen LogP contribution in [0.3, 0.4) is 0 Å². The maximum atomic E-state index is 11.5. The van der Waals surface area contributed by atoms with Gasteiger partial charge in [-0.15, -0.1) is 0 Å². The van der Waals surface area contributed by atoms with E-state index in [2.05, 4.69) is 4.98 Å². The van der Waals surface area contributed by atoms with Gasteiger partial charge in [0.2, 0.25) is 0 Å². The van der Waals surface area contributed by atoms with E-state index in [0.717, 1.165) is 16.6 Å². The molecule has 0 bridgehead atoms. The van der Waals surface area contributed by atoms with E-state index in [1.54, 1.807) is 6.92 Å². The van der Waals surface area contributed by atoms with Crippen LogP contribution in [-0.4, -0.2) is 23.7 Å². The number of rotatable bonds is 3. The molecule has 1 aliphatic rings. The lowest BCUT2D eigenvalue weighted by atomic mass is 10.1. The predicted molar refractivity (Wildman–Crippen MR) is 66.0 cm³/mol. The highest BCUT2D eigenvalue weighted by Crippen LogP contribution is 2.38. The molecule has 1 saturated heterocycles. The van der Waals surface area contributed by atoms with Gasteiger partial charge < -0.3 is 9.47 Å². The number of hydrogen-bond donors (Lipinski definition) is 0. The smallest absolute Gasteiger partial charge is 0.338 e. The molecule has 0 unspecified atom stereocenters. The summed E-state index contributed by atoms with van der Waals surface area (Å²) in [4.78, 5) is 16.0. The van der Waals surface area contributed by atoms with E-state index in [0.29, 0.717) is 6.61 Å². The third-order valence-electron chi connectivity index (χ3n) is 2.92. The van der Waals surface area contributed by atoms with Gasteiger partial charge in [-0.1, -0.05) is 24.3 Å². The summed E-state index contributed by atoms with van der Waals surface area (Å²) in [6, 6.07) is 11.7. The highest BCUT2D eigenvalue weighted by molar-refractivity contribution is 5.80. The van der Waals surface area contributed by atoms with Crippen LogP contribution < -0.4 is 0 Å². The van der Waals surface area contributed by atoms with Crippen LogP contribution in [0.25, 0.3) is 10.9 Å². The molecule has 4 nitrogen and oxygen atoms in total. The molecule has 1 aliphatic heterocycles. The van der Waals surface area contributed by atoms with E-state index < -0.39 is 6.10 Å². The first-order valence-electron chi connectivity index (χ1n) is 5.97. The number of hydrogen-bond acceptors (Lipinski definition) is 4. The van der Waals surface area contributed by atoms with E-state index in [1.165, 1.54) is 0 Å². The van der Waals surface area contributed by atoms with Crippen molar-refractivity contribution >= 4 is 16.9 Å². The SMILES string of the molecule is CCOC(=O)[C@H]1O[C@H]1c1ccc2ccccc2n1. The molecule has 3 rings (SSSR count). The molecule has 0 aliphatic carbocycles. The lowest BCUT2D eigenvalue weighted by Crippen LogP contribution is -2.12.